The zero-order valence-electron chi connectivity index (χ0n) is 13.7. The normalized spacial score (nSPS) is 18.5. The topological polar surface area (TPSA) is 73.5 Å². The van der Waals surface area contributed by atoms with Crippen LogP contribution in [-0.2, 0) is 4.79 Å². The highest BCUT2D eigenvalue weighted by atomic mass is 16.2. The number of amides is 3. The molecule has 122 valence electrons. The minimum Gasteiger partial charge on any atom is -0.338 e. The first-order valence-electron chi connectivity index (χ1n) is 7.93. The number of urea groups is 1. The summed E-state index contributed by atoms with van der Waals surface area (Å²) in [5.74, 6) is 0.120. The van der Waals surface area contributed by atoms with Crippen LogP contribution in [0, 0.1) is 5.92 Å². The second-order valence-corrected chi connectivity index (χ2v) is 6.47. The first-order valence-corrected chi connectivity index (χ1v) is 7.93. The van der Waals surface area contributed by atoms with Crippen LogP contribution in [-0.4, -0.2) is 55.1 Å². The first-order chi connectivity index (χ1) is 9.88. The van der Waals surface area contributed by atoms with Gasteiger partial charge in [0, 0.05) is 25.2 Å². The number of nitrogens with one attached hydrogen (secondary N) is 3. The van der Waals surface area contributed by atoms with E-state index < -0.39 is 6.03 Å². The van der Waals surface area contributed by atoms with Crippen molar-refractivity contribution in [1.82, 2.24) is 20.9 Å². The number of carbonyl (C=O) groups excluding carboxylic acids is 2. The Labute approximate surface area is 128 Å². The highest BCUT2D eigenvalue weighted by molar-refractivity contribution is 5.95. The van der Waals surface area contributed by atoms with Gasteiger partial charge < -0.3 is 10.6 Å². The summed E-state index contributed by atoms with van der Waals surface area (Å²) in [5.41, 5.74) is 0. The maximum atomic E-state index is 12.0. The number of carbonyl (C=O) groups is 2. The van der Waals surface area contributed by atoms with E-state index in [0.29, 0.717) is 18.5 Å². The van der Waals surface area contributed by atoms with Crippen molar-refractivity contribution < 1.29 is 9.59 Å². The van der Waals surface area contributed by atoms with Crippen molar-refractivity contribution >= 4 is 11.9 Å². The molecule has 1 saturated heterocycles. The summed E-state index contributed by atoms with van der Waals surface area (Å²) >= 11 is 0. The Hall–Kier alpha value is -1.14. The van der Waals surface area contributed by atoms with E-state index >= 15 is 0 Å². The molecule has 1 heterocycles. The molecule has 1 aliphatic heterocycles. The van der Waals surface area contributed by atoms with Crippen LogP contribution in [0.4, 0.5) is 4.79 Å². The summed E-state index contributed by atoms with van der Waals surface area (Å²) in [4.78, 5) is 25.6. The van der Waals surface area contributed by atoms with Gasteiger partial charge in [-0.2, -0.15) is 0 Å². The van der Waals surface area contributed by atoms with E-state index in [-0.39, 0.29) is 18.5 Å². The predicted octanol–water partition coefficient (Wildman–Crippen LogP) is 0.931. The van der Waals surface area contributed by atoms with Crippen LogP contribution < -0.4 is 16.0 Å². The SMILES string of the molecule is CC(C)CNC(=O)NC(=O)CN(CC1CCCN1)C(C)C. The molecule has 3 amide bonds. The van der Waals surface area contributed by atoms with Gasteiger partial charge in [-0.25, -0.2) is 4.79 Å². The fraction of sp³-hybridized carbons (Fsp3) is 0.867. The third kappa shape index (κ3) is 7.43. The van der Waals surface area contributed by atoms with Crippen LogP contribution >= 0.6 is 0 Å². The van der Waals surface area contributed by atoms with Crippen LogP contribution in [0.15, 0.2) is 0 Å². The lowest BCUT2D eigenvalue weighted by Gasteiger charge is -2.28. The zero-order chi connectivity index (χ0) is 15.8. The molecule has 1 atom stereocenters. The van der Waals surface area contributed by atoms with Crippen molar-refractivity contribution in [2.45, 2.75) is 52.6 Å². The lowest BCUT2D eigenvalue weighted by Crippen LogP contribution is -2.49. The highest BCUT2D eigenvalue weighted by Crippen LogP contribution is 2.09. The Kier molecular flexibility index (Phi) is 7.67. The van der Waals surface area contributed by atoms with Gasteiger partial charge in [-0.05, 0) is 39.2 Å². The monoisotopic (exact) mass is 298 g/mol. The summed E-state index contributed by atoms with van der Waals surface area (Å²) < 4.78 is 0. The van der Waals surface area contributed by atoms with Crippen LogP contribution in [0.5, 0.6) is 0 Å². The number of rotatable bonds is 7. The second kappa shape index (κ2) is 9.00. The Morgan fingerprint density at radius 3 is 2.52 bits per heavy atom. The summed E-state index contributed by atoms with van der Waals surface area (Å²) in [6.07, 6.45) is 2.35. The molecule has 0 saturated carbocycles. The third-order valence-electron chi connectivity index (χ3n) is 3.62. The van der Waals surface area contributed by atoms with E-state index in [1.165, 1.54) is 6.42 Å². The lowest BCUT2D eigenvalue weighted by molar-refractivity contribution is -0.121. The second-order valence-electron chi connectivity index (χ2n) is 6.47. The van der Waals surface area contributed by atoms with Gasteiger partial charge in [-0.3, -0.25) is 15.0 Å². The highest BCUT2D eigenvalue weighted by Gasteiger charge is 2.22. The Bertz CT molecular complexity index is 339. The maximum Gasteiger partial charge on any atom is 0.321 e. The molecule has 21 heavy (non-hydrogen) atoms. The van der Waals surface area contributed by atoms with Gasteiger partial charge >= 0.3 is 6.03 Å². The van der Waals surface area contributed by atoms with Gasteiger partial charge in [0.2, 0.25) is 5.91 Å². The summed E-state index contributed by atoms with van der Waals surface area (Å²) in [5, 5.41) is 8.52. The molecule has 0 spiro atoms. The van der Waals surface area contributed by atoms with Gasteiger partial charge in [0.05, 0.1) is 6.54 Å². The molecule has 1 unspecified atom stereocenters. The minimum absolute atomic E-state index is 0.247. The number of hydrogen-bond acceptors (Lipinski definition) is 4. The summed E-state index contributed by atoms with van der Waals surface area (Å²) in [6.45, 7) is 10.9. The van der Waals surface area contributed by atoms with E-state index in [0.717, 1.165) is 19.5 Å². The van der Waals surface area contributed by atoms with E-state index in [4.69, 9.17) is 0 Å². The molecule has 0 aliphatic carbocycles. The first kappa shape index (κ1) is 17.9. The molecule has 1 aliphatic rings. The van der Waals surface area contributed by atoms with Gasteiger partial charge in [0.1, 0.15) is 0 Å². The molecular formula is C15H30N4O2. The Morgan fingerprint density at radius 1 is 1.29 bits per heavy atom. The largest absolute Gasteiger partial charge is 0.338 e. The van der Waals surface area contributed by atoms with Gasteiger partial charge in [-0.15, -0.1) is 0 Å². The van der Waals surface area contributed by atoms with Crippen molar-refractivity contribution in [2.24, 2.45) is 5.92 Å². The molecule has 1 fully saturated rings. The maximum absolute atomic E-state index is 12.0. The van der Waals surface area contributed by atoms with Gasteiger partial charge in [-0.1, -0.05) is 13.8 Å². The van der Waals surface area contributed by atoms with Crippen LogP contribution in [0.2, 0.25) is 0 Å². The molecule has 3 N–H and O–H groups in total. The van der Waals surface area contributed by atoms with Crippen molar-refractivity contribution in [3.63, 3.8) is 0 Å². The minimum atomic E-state index is -0.406. The quantitative estimate of drug-likeness (QED) is 0.654. The molecule has 6 nitrogen and oxygen atoms in total. The molecule has 6 heteroatoms. The van der Waals surface area contributed by atoms with E-state index in [2.05, 4.69) is 34.7 Å². The molecule has 0 aromatic heterocycles. The predicted molar refractivity (Wildman–Crippen MR) is 84.1 cm³/mol. The molecule has 0 radical (unpaired) electrons. The smallest absolute Gasteiger partial charge is 0.321 e. The Morgan fingerprint density at radius 2 is 2.00 bits per heavy atom. The average Bonchev–Trinajstić information content (AvgIpc) is 2.88. The fourth-order valence-electron chi connectivity index (χ4n) is 2.35. The number of imide groups is 1. The van der Waals surface area contributed by atoms with Crippen molar-refractivity contribution in [2.75, 3.05) is 26.2 Å². The lowest BCUT2D eigenvalue weighted by atomic mass is 10.2. The number of hydrogen-bond donors (Lipinski definition) is 3. The van der Waals surface area contributed by atoms with Crippen molar-refractivity contribution in [3.8, 4) is 0 Å². The van der Waals surface area contributed by atoms with Gasteiger partial charge in [0.25, 0.3) is 0 Å². The van der Waals surface area contributed by atoms with E-state index in [1.54, 1.807) is 0 Å². The molecule has 1 rings (SSSR count). The fourth-order valence-corrected chi connectivity index (χ4v) is 2.35. The molecule has 0 bridgehead atoms. The average molecular weight is 298 g/mol. The molecule has 0 aromatic carbocycles. The number of nitrogens with zero attached hydrogens (tertiary/aromatic N) is 1. The standard InChI is InChI=1S/C15H30N4O2/c1-11(2)8-17-15(21)18-14(20)10-19(12(3)4)9-13-6-5-7-16-13/h11-13,16H,5-10H2,1-4H3,(H2,17,18,20,21). The molecule has 0 aromatic rings. The Balaban J connectivity index is 2.35. The van der Waals surface area contributed by atoms with Crippen LogP contribution in [0.25, 0.3) is 0 Å². The van der Waals surface area contributed by atoms with E-state index in [1.807, 2.05) is 13.8 Å². The van der Waals surface area contributed by atoms with Crippen molar-refractivity contribution in [1.29, 1.82) is 0 Å². The zero-order valence-corrected chi connectivity index (χ0v) is 13.7. The van der Waals surface area contributed by atoms with Crippen molar-refractivity contribution in [3.05, 3.63) is 0 Å². The third-order valence-corrected chi connectivity index (χ3v) is 3.62. The van der Waals surface area contributed by atoms with E-state index in [9.17, 15) is 9.59 Å². The molecular weight excluding hydrogens is 268 g/mol. The van der Waals surface area contributed by atoms with Crippen LogP contribution in [0.1, 0.15) is 40.5 Å². The van der Waals surface area contributed by atoms with Crippen LogP contribution in [0.3, 0.4) is 0 Å². The summed E-state index contributed by atoms with van der Waals surface area (Å²) in [6, 6.07) is 0.322. The van der Waals surface area contributed by atoms with Gasteiger partial charge in [0.15, 0.2) is 0 Å². The summed E-state index contributed by atoms with van der Waals surface area (Å²) in [7, 11) is 0.